The Bertz CT molecular complexity index is 841. The van der Waals surface area contributed by atoms with Gasteiger partial charge in [0.25, 0.3) is 5.91 Å². The predicted octanol–water partition coefficient (Wildman–Crippen LogP) is 1.53. The molecule has 2 amide bonds. The molecular formula is C20H26N4O4. The average Bonchev–Trinajstić information content (AvgIpc) is 3.41. The molecule has 28 heavy (non-hydrogen) atoms. The summed E-state index contributed by atoms with van der Waals surface area (Å²) in [4.78, 5) is 35.3. The van der Waals surface area contributed by atoms with Crippen molar-refractivity contribution in [3.8, 4) is 6.07 Å². The lowest BCUT2D eigenvalue weighted by Crippen LogP contribution is -2.41. The fourth-order valence-electron chi connectivity index (χ4n) is 2.95. The Hall–Kier alpha value is -3.08. The highest BCUT2D eigenvalue weighted by atomic mass is 16.5. The van der Waals surface area contributed by atoms with Gasteiger partial charge >= 0.3 is 5.97 Å². The summed E-state index contributed by atoms with van der Waals surface area (Å²) in [5.74, 6) is -1.82. The van der Waals surface area contributed by atoms with E-state index in [-0.39, 0.29) is 24.1 Å². The number of ether oxygens (including phenoxy) is 1. The van der Waals surface area contributed by atoms with Crippen LogP contribution in [0.2, 0.25) is 0 Å². The van der Waals surface area contributed by atoms with Gasteiger partial charge in [0.2, 0.25) is 5.91 Å². The van der Waals surface area contributed by atoms with Crippen molar-refractivity contribution in [2.24, 2.45) is 0 Å². The third-order valence-corrected chi connectivity index (χ3v) is 4.31. The first-order chi connectivity index (χ1) is 13.2. The van der Waals surface area contributed by atoms with Crippen molar-refractivity contribution in [1.82, 2.24) is 15.2 Å². The smallest absolute Gasteiger partial charge is 0.349 e. The molecule has 0 aliphatic heterocycles. The molecule has 150 valence electrons. The van der Waals surface area contributed by atoms with Crippen LogP contribution in [0.15, 0.2) is 11.6 Å². The molecule has 0 spiro atoms. The van der Waals surface area contributed by atoms with Gasteiger partial charge in [-0.05, 0) is 58.2 Å². The molecule has 8 heteroatoms. The molecule has 0 atom stereocenters. The topological polar surface area (TPSA) is 113 Å². The fraction of sp³-hybridized carbons (Fsp3) is 0.500. The lowest BCUT2D eigenvalue weighted by atomic mass is 10.1. The Balaban J connectivity index is 1.92. The number of carbonyl (C=O) groups is 3. The van der Waals surface area contributed by atoms with Crippen LogP contribution in [0.4, 0.5) is 0 Å². The molecule has 0 unspecified atom stereocenters. The second kappa shape index (κ2) is 9.22. The summed E-state index contributed by atoms with van der Waals surface area (Å²) in [5, 5.41) is 14.3. The summed E-state index contributed by atoms with van der Waals surface area (Å²) in [6.07, 6.45) is 3.76. The van der Waals surface area contributed by atoms with Gasteiger partial charge in [0.1, 0.15) is 11.6 Å². The number of aryl methyl sites for hydroxylation is 1. The average molecular weight is 386 g/mol. The number of aromatic nitrogens is 1. The zero-order valence-corrected chi connectivity index (χ0v) is 16.7. The maximum Gasteiger partial charge on any atom is 0.349 e. The Morgan fingerprint density at radius 2 is 2.00 bits per heavy atom. The molecular weight excluding hydrogens is 360 g/mol. The Labute approximate surface area is 164 Å². The van der Waals surface area contributed by atoms with Gasteiger partial charge in [-0.25, -0.2) is 4.79 Å². The summed E-state index contributed by atoms with van der Waals surface area (Å²) in [5.41, 5.74) is 2.68. The van der Waals surface area contributed by atoms with Crippen molar-refractivity contribution < 1.29 is 19.1 Å². The second-order valence-electron chi connectivity index (χ2n) is 7.17. The molecule has 1 aromatic heterocycles. The van der Waals surface area contributed by atoms with Crippen LogP contribution in [-0.4, -0.2) is 41.5 Å². The Morgan fingerprint density at radius 3 is 2.57 bits per heavy atom. The van der Waals surface area contributed by atoms with Gasteiger partial charge in [-0.3, -0.25) is 9.59 Å². The van der Waals surface area contributed by atoms with Crippen LogP contribution in [0.1, 0.15) is 49.7 Å². The minimum Gasteiger partial charge on any atom is -0.451 e. The van der Waals surface area contributed by atoms with Gasteiger partial charge in [-0.2, -0.15) is 5.26 Å². The summed E-state index contributed by atoms with van der Waals surface area (Å²) in [6, 6.07) is 4.22. The second-order valence-corrected chi connectivity index (χ2v) is 7.17. The van der Waals surface area contributed by atoms with Crippen LogP contribution in [0.3, 0.4) is 0 Å². The SMILES string of the molecule is Cc1cc(/C=C(\C#N)C(=O)OCC(=O)NCC(=O)NC(C)C)c(C)n1C1CC1. The first kappa shape index (κ1) is 21.2. The van der Waals surface area contributed by atoms with Crippen LogP contribution in [-0.2, 0) is 19.1 Å². The van der Waals surface area contributed by atoms with Crippen LogP contribution >= 0.6 is 0 Å². The quantitative estimate of drug-likeness (QED) is 0.400. The number of esters is 1. The maximum atomic E-state index is 12.1. The first-order valence-corrected chi connectivity index (χ1v) is 9.26. The van der Waals surface area contributed by atoms with Gasteiger partial charge in [0.05, 0.1) is 6.54 Å². The minimum atomic E-state index is -0.875. The van der Waals surface area contributed by atoms with E-state index in [4.69, 9.17) is 4.74 Å². The fourth-order valence-corrected chi connectivity index (χ4v) is 2.95. The summed E-state index contributed by atoms with van der Waals surface area (Å²) >= 11 is 0. The Morgan fingerprint density at radius 1 is 1.32 bits per heavy atom. The van der Waals surface area contributed by atoms with E-state index in [1.807, 2.05) is 26.0 Å². The van der Waals surface area contributed by atoms with Gasteiger partial charge in [-0.1, -0.05) is 0 Å². The number of nitrogens with one attached hydrogen (secondary N) is 2. The first-order valence-electron chi connectivity index (χ1n) is 9.26. The maximum absolute atomic E-state index is 12.1. The number of hydrogen-bond acceptors (Lipinski definition) is 5. The largest absolute Gasteiger partial charge is 0.451 e. The third-order valence-electron chi connectivity index (χ3n) is 4.31. The molecule has 2 rings (SSSR count). The van der Waals surface area contributed by atoms with Crippen LogP contribution in [0.5, 0.6) is 0 Å². The summed E-state index contributed by atoms with van der Waals surface area (Å²) in [6.45, 7) is 6.79. The lowest BCUT2D eigenvalue weighted by molar-refractivity contribution is -0.144. The highest BCUT2D eigenvalue weighted by Crippen LogP contribution is 2.38. The van der Waals surface area contributed by atoms with Crippen molar-refractivity contribution in [2.45, 2.75) is 52.6 Å². The molecule has 1 heterocycles. The number of carbonyl (C=O) groups excluding carboxylic acids is 3. The molecule has 1 aliphatic rings. The standard InChI is InChI=1S/C20H26N4O4/c1-12(2)23-18(25)10-22-19(26)11-28-20(27)16(9-21)8-15-7-13(3)24(14(15)4)17-5-6-17/h7-8,12,17H,5-6,10-11H2,1-4H3,(H,22,26)(H,23,25)/b16-8+. The summed E-state index contributed by atoms with van der Waals surface area (Å²) in [7, 11) is 0. The molecule has 0 aromatic carbocycles. The van der Waals surface area contributed by atoms with E-state index >= 15 is 0 Å². The zero-order chi connectivity index (χ0) is 20.8. The Kier molecular flexibility index (Phi) is 6.99. The number of hydrogen-bond donors (Lipinski definition) is 2. The van der Waals surface area contributed by atoms with E-state index in [2.05, 4.69) is 15.2 Å². The molecule has 0 radical (unpaired) electrons. The zero-order valence-electron chi connectivity index (χ0n) is 16.7. The van der Waals surface area contributed by atoms with E-state index < -0.39 is 18.5 Å². The monoisotopic (exact) mass is 386 g/mol. The highest BCUT2D eigenvalue weighted by Gasteiger charge is 2.27. The molecule has 0 saturated heterocycles. The van der Waals surface area contributed by atoms with Gasteiger partial charge in [0, 0.05) is 23.5 Å². The molecule has 1 aliphatic carbocycles. The van der Waals surface area contributed by atoms with E-state index in [1.54, 1.807) is 13.8 Å². The van der Waals surface area contributed by atoms with Gasteiger partial charge < -0.3 is 19.9 Å². The van der Waals surface area contributed by atoms with E-state index in [1.165, 1.54) is 6.08 Å². The van der Waals surface area contributed by atoms with Crippen molar-refractivity contribution in [3.05, 3.63) is 28.6 Å². The highest BCUT2D eigenvalue weighted by molar-refractivity contribution is 5.99. The van der Waals surface area contributed by atoms with Crippen LogP contribution in [0, 0.1) is 25.2 Å². The molecule has 8 nitrogen and oxygen atoms in total. The van der Waals surface area contributed by atoms with E-state index in [9.17, 15) is 19.6 Å². The van der Waals surface area contributed by atoms with Crippen molar-refractivity contribution in [1.29, 1.82) is 5.26 Å². The van der Waals surface area contributed by atoms with E-state index in [0.29, 0.717) is 6.04 Å². The molecule has 0 bridgehead atoms. The molecule has 1 fully saturated rings. The van der Waals surface area contributed by atoms with Crippen molar-refractivity contribution >= 4 is 23.9 Å². The number of nitriles is 1. The molecule has 2 N–H and O–H groups in total. The molecule has 1 aromatic rings. The third kappa shape index (κ3) is 5.71. The number of nitrogens with zero attached hydrogens (tertiary/aromatic N) is 2. The van der Waals surface area contributed by atoms with E-state index in [0.717, 1.165) is 29.8 Å². The number of amides is 2. The minimum absolute atomic E-state index is 0.0348. The summed E-state index contributed by atoms with van der Waals surface area (Å²) < 4.78 is 7.11. The predicted molar refractivity (Wildman–Crippen MR) is 103 cm³/mol. The lowest BCUT2D eigenvalue weighted by Gasteiger charge is -2.09. The van der Waals surface area contributed by atoms with Crippen molar-refractivity contribution in [2.75, 3.05) is 13.2 Å². The number of rotatable bonds is 8. The van der Waals surface area contributed by atoms with Crippen LogP contribution < -0.4 is 10.6 Å². The van der Waals surface area contributed by atoms with Gasteiger partial charge in [0.15, 0.2) is 6.61 Å². The van der Waals surface area contributed by atoms with Gasteiger partial charge in [-0.15, -0.1) is 0 Å². The normalized spacial score (nSPS) is 13.8. The van der Waals surface area contributed by atoms with Crippen molar-refractivity contribution in [3.63, 3.8) is 0 Å². The van der Waals surface area contributed by atoms with Crippen LogP contribution in [0.25, 0.3) is 6.08 Å². The molecule has 1 saturated carbocycles.